The molecule has 0 bridgehead atoms. The number of aryl methyl sites for hydroxylation is 1. The van der Waals surface area contributed by atoms with Crippen molar-refractivity contribution in [2.45, 2.75) is 20.4 Å². The number of hydrogen-bond donors (Lipinski definition) is 0. The van der Waals surface area contributed by atoms with E-state index in [1.165, 1.54) is 6.07 Å². The molecular weight excluding hydrogens is 261 g/mol. The van der Waals surface area contributed by atoms with Gasteiger partial charge in [-0.1, -0.05) is 12.1 Å². The number of halogens is 1. The van der Waals surface area contributed by atoms with Crippen LogP contribution in [-0.2, 0) is 6.54 Å². The third-order valence-electron chi connectivity index (χ3n) is 3.01. The molecule has 0 aliphatic rings. The van der Waals surface area contributed by atoms with Gasteiger partial charge in [-0.15, -0.1) is 11.3 Å². The van der Waals surface area contributed by atoms with Crippen molar-refractivity contribution in [1.82, 2.24) is 4.90 Å². The number of rotatable bonds is 4. The molecule has 0 unspecified atom stereocenters. The van der Waals surface area contributed by atoms with Crippen molar-refractivity contribution < 1.29 is 9.18 Å². The summed E-state index contributed by atoms with van der Waals surface area (Å²) >= 11 is 1.62. The van der Waals surface area contributed by atoms with Crippen LogP contribution in [0.1, 0.15) is 27.7 Å². The second-order valence-corrected chi connectivity index (χ2v) is 5.39. The van der Waals surface area contributed by atoms with Crippen molar-refractivity contribution >= 4 is 17.2 Å². The number of hydrogen-bond acceptors (Lipinski definition) is 2. The largest absolute Gasteiger partial charge is 0.334 e. The molecule has 4 heteroatoms. The zero-order valence-electron chi connectivity index (χ0n) is 11.0. The summed E-state index contributed by atoms with van der Waals surface area (Å²) in [6, 6.07) is 8.59. The standard InChI is InChI=1S/C15H16FNOS/c1-3-17(10-13-5-4-8-19-13)15(18)12-7-6-11(2)14(16)9-12/h4-9H,3,10H2,1-2H3. The van der Waals surface area contributed by atoms with Gasteiger partial charge in [0.1, 0.15) is 5.82 Å². The molecule has 0 fully saturated rings. The first kappa shape index (κ1) is 13.7. The Labute approximate surface area is 116 Å². The molecule has 0 aliphatic carbocycles. The van der Waals surface area contributed by atoms with Crippen molar-refractivity contribution in [2.24, 2.45) is 0 Å². The van der Waals surface area contributed by atoms with Crippen LogP contribution in [-0.4, -0.2) is 17.4 Å². The molecule has 0 spiro atoms. The fourth-order valence-corrected chi connectivity index (χ4v) is 2.55. The highest BCUT2D eigenvalue weighted by Crippen LogP contribution is 2.16. The van der Waals surface area contributed by atoms with Gasteiger partial charge in [0.2, 0.25) is 0 Å². The molecule has 2 nitrogen and oxygen atoms in total. The first-order valence-corrected chi connectivity index (χ1v) is 7.07. The molecule has 0 radical (unpaired) electrons. The maximum absolute atomic E-state index is 13.5. The van der Waals surface area contributed by atoms with Crippen molar-refractivity contribution in [3.63, 3.8) is 0 Å². The van der Waals surface area contributed by atoms with Gasteiger partial charge in [-0.3, -0.25) is 4.79 Å². The van der Waals surface area contributed by atoms with E-state index in [1.807, 2.05) is 24.4 Å². The monoisotopic (exact) mass is 277 g/mol. The maximum Gasteiger partial charge on any atom is 0.254 e. The van der Waals surface area contributed by atoms with E-state index >= 15 is 0 Å². The van der Waals surface area contributed by atoms with E-state index in [0.29, 0.717) is 24.2 Å². The molecule has 19 heavy (non-hydrogen) atoms. The number of carbonyl (C=O) groups is 1. The third-order valence-corrected chi connectivity index (χ3v) is 3.88. The van der Waals surface area contributed by atoms with E-state index in [4.69, 9.17) is 0 Å². The summed E-state index contributed by atoms with van der Waals surface area (Å²) in [6.07, 6.45) is 0. The molecule has 1 aromatic heterocycles. The first-order valence-electron chi connectivity index (χ1n) is 6.19. The lowest BCUT2D eigenvalue weighted by molar-refractivity contribution is 0.0753. The maximum atomic E-state index is 13.5. The van der Waals surface area contributed by atoms with Crippen LogP contribution in [0.3, 0.4) is 0 Å². The summed E-state index contributed by atoms with van der Waals surface area (Å²) in [5.74, 6) is -0.465. The molecule has 1 amide bonds. The lowest BCUT2D eigenvalue weighted by Gasteiger charge is -2.20. The average molecular weight is 277 g/mol. The molecule has 0 N–H and O–H groups in total. The van der Waals surface area contributed by atoms with Crippen LogP contribution in [0.5, 0.6) is 0 Å². The van der Waals surface area contributed by atoms with Crippen LogP contribution in [0.15, 0.2) is 35.7 Å². The van der Waals surface area contributed by atoms with Crippen molar-refractivity contribution in [3.05, 3.63) is 57.5 Å². The topological polar surface area (TPSA) is 20.3 Å². The second-order valence-electron chi connectivity index (χ2n) is 4.36. The quantitative estimate of drug-likeness (QED) is 0.831. The number of thiophene rings is 1. The predicted octanol–water partition coefficient (Wildman–Crippen LogP) is 3.86. The molecule has 0 saturated heterocycles. The fraction of sp³-hybridized carbons (Fsp3) is 0.267. The summed E-state index contributed by atoms with van der Waals surface area (Å²) in [4.78, 5) is 15.2. The van der Waals surface area contributed by atoms with E-state index in [2.05, 4.69) is 0 Å². The number of amides is 1. The zero-order chi connectivity index (χ0) is 13.8. The predicted molar refractivity (Wildman–Crippen MR) is 75.9 cm³/mol. The van der Waals surface area contributed by atoms with Gasteiger partial charge in [-0.25, -0.2) is 4.39 Å². The summed E-state index contributed by atoms with van der Waals surface area (Å²) < 4.78 is 13.5. The second kappa shape index (κ2) is 5.97. The minimum atomic E-state index is -0.335. The average Bonchev–Trinajstić information content (AvgIpc) is 2.91. The van der Waals surface area contributed by atoms with Crippen molar-refractivity contribution in [1.29, 1.82) is 0 Å². The minimum Gasteiger partial charge on any atom is -0.334 e. The van der Waals surface area contributed by atoms with E-state index in [-0.39, 0.29) is 11.7 Å². The van der Waals surface area contributed by atoms with E-state index in [0.717, 1.165) is 4.88 Å². The molecule has 2 aromatic rings. The van der Waals surface area contributed by atoms with Gasteiger partial charge in [-0.2, -0.15) is 0 Å². The van der Waals surface area contributed by atoms with E-state index < -0.39 is 0 Å². The molecule has 1 heterocycles. The number of benzene rings is 1. The summed E-state index contributed by atoms with van der Waals surface area (Å²) in [5, 5.41) is 1.99. The molecule has 0 atom stereocenters. The summed E-state index contributed by atoms with van der Waals surface area (Å²) in [6.45, 7) is 4.79. The Morgan fingerprint density at radius 2 is 2.16 bits per heavy atom. The van der Waals surface area contributed by atoms with Crippen LogP contribution in [0, 0.1) is 12.7 Å². The van der Waals surface area contributed by atoms with Crippen LogP contribution < -0.4 is 0 Å². The molecule has 2 rings (SSSR count). The Hall–Kier alpha value is -1.68. The van der Waals surface area contributed by atoms with E-state index in [9.17, 15) is 9.18 Å². The fourth-order valence-electron chi connectivity index (χ4n) is 1.83. The Kier molecular flexibility index (Phi) is 4.32. The molecule has 0 aliphatic heterocycles. The highest BCUT2D eigenvalue weighted by Gasteiger charge is 2.16. The summed E-state index contributed by atoms with van der Waals surface area (Å²) in [5.41, 5.74) is 0.958. The Morgan fingerprint density at radius 3 is 2.74 bits per heavy atom. The Balaban J connectivity index is 2.18. The number of carbonyl (C=O) groups excluding carboxylic acids is 1. The summed E-state index contributed by atoms with van der Waals surface area (Å²) in [7, 11) is 0. The molecule has 100 valence electrons. The first-order chi connectivity index (χ1) is 9.11. The van der Waals surface area contributed by atoms with Gasteiger partial charge in [0.05, 0.1) is 6.54 Å². The minimum absolute atomic E-state index is 0.130. The smallest absolute Gasteiger partial charge is 0.254 e. The van der Waals surface area contributed by atoms with Crippen molar-refractivity contribution in [2.75, 3.05) is 6.54 Å². The zero-order valence-corrected chi connectivity index (χ0v) is 11.8. The van der Waals surface area contributed by atoms with Gasteiger partial charge in [0.15, 0.2) is 0 Å². The highest BCUT2D eigenvalue weighted by atomic mass is 32.1. The normalized spacial score (nSPS) is 10.5. The van der Waals surface area contributed by atoms with Gasteiger partial charge < -0.3 is 4.90 Å². The van der Waals surface area contributed by atoms with Gasteiger partial charge in [0.25, 0.3) is 5.91 Å². The molecule has 1 aromatic carbocycles. The van der Waals surface area contributed by atoms with Crippen LogP contribution in [0.2, 0.25) is 0 Å². The van der Waals surface area contributed by atoms with Crippen LogP contribution in [0.25, 0.3) is 0 Å². The van der Waals surface area contributed by atoms with Gasteiger partial charge in [0, 0.05) is 17.0 Å². The Morgan fingerprint density at radius 1 is 1.37 bits per heavy atom. The van der Waals surface area contributed by atoms with Gasteiger partial charge in [-0.05, 0) is 43.0 Å². The van der Waals surface area contributed by atoms with Crippen LogP contribution >= 0.6 is 11.3 Å². The van der Waals surface area contributed by atoms with E-state index in [1.54, 1.807) is 35.3 Å². The highest BCUT2D eigenvalue weighted by molar-refractivity contribution is 7.09. The Bertz CT molecular complexity index is 566. The lowest BCUT2D eigenvalue weighted by atomic mass is 10.1. The van der Waals surface area contributed by atoms with Crippen molar-refractivity contribution in [3.8, 4) is 0 Å². The lowest BCUT2D eigenvalue weighted by Crippen LogP contribution is -2.30. The molecular formula is C15H16FNOS. The van der Waals surface area contributed by atoms with Gasteiger partial charge >= 0.3 is 0 Å². The number of nitrogens with zero attached hydrogens (tertiary/aromatic N) is 1. The molecule has 0 saturated carbocycles. The third kappa shape index (κ3) is 3.20. The van der Waals surface area contributed by atoms with Crippen LogP contribution in [0.4, 0.5) is 4.39 Å². The SMILES string of the molecule is CCN(Cc1cccs1)C(=O)c1ccc(C)c(F)c1.